The molecule has 7 heteroatoms. The summed E-state index contributed by atoms with van der Waals surface area (Å²) in [4.78, 5) is 14.4. The molecule has 26 heavy (non-hydrogen) atoms. The normalized spacial score (nSPS) is 11.9. The maximum Gasteiger partial charge on any atom is 0.240 e. The van der Waals surface area contributed by atoms with Crippen molar-refractivity contribution >= 4 is 17.7 Å². The number of carbonyl (C=O) groups excluding carboxylic acids is 1. The van der Waals surface area contributed by atoms with Crippen LogP contribution in [0.4, 0.5) is 0 Å². The Hall–Kier alpha value is -2.80. The Morgan fingerprint density at radius 3 is 2.65 bits per heavy atom. The van der Waals surface area contributed by atoms with Gasteiger partial charge in [0, 0.05) is 20.6 Å². The van der Waals surface area contributed by atoms with Crippen LogP contribution in [-0.2, 0) is 11.3 Å². The van der Waals surface area contributed by atoms with E-state index in [2.05, 4.69) is 16.8 Å². The fourth-order valence-electron chi connectivity index (χ4n) is 2.49. The largest absolute Gasteiger partial charge is 0.461 e. The maximum absolute atomic E-state index is 12.8. The molecule has 0 aliphatic heterocycles. The van der Waals surface area contributed by atoms with Gasteiger partial charge in [0.25, 0.3) is 0 Å². The number of hydrogen-bond donors (Lipinski definition) is 0. The monoisotopic (exact) mass is 368 g/mol. The summed E-state index contributed by atoms with van der Waals surface area (Å²) in [5, 5.41) is 8.77. The van der Waals surface area contributed by atoms with Crippen LogP contribution in [0.3, 0.4) is 0 Å². The fourth-order valence-corrected chi connectivity index (χ4v) is 3.68. The van der Waals surface area contributed by atoms with Crippen molar-refractivity contribution in [2.75, 3.05) is 14.1 Å². The van der Waals surface area contributed by atoms with Crippen molar-refractivity contribution in [3.63, 3.8) is 0 Å². The van der Waals surface area contributed by atoms with E-state index in [1.807, 2.05) is 41.0 Å². The number of nitrogens with zero attached hydrogens (tertiary/aromatic N) is 4. The van der Waals surface area contributed by atoms with E-state index < -0.39 is 5.25 Å². The predicted molar refractivity (Wildman–Crippen MR) is 102 cm³/mol. The van der Waals surface area contributed by atoms with E-state index in [1.54, 1.807) is 37.4 Å². The van der Waals surface area contributed by atoms with Crippen molar-refractivity contribution in [3.8, 4) is 11.6 Å². The summed E-state index contributed by atoms with van der Waals surface area (Å²) >= 11 is 1.37. The second-order valence-corrected chi connectivity index (χ2v) is 6.90. The van der Waals surface area contributed by atoms with Crippen LogP contribution in [0.5, 0.6) is 0 Å². The lowest BCUT2D eigenvalue weighted by Crippen LogP contribution is -2.27. The molecular weight excluding hydrogens is 348 g/mol. The molecule has 0 fully saturated rings. The van der Waals surface area contributed by atoms with Gasteiger partial charge in [-0.05, 0) is 17.7 Å². The number of thioether (sulfide) groups is 1. The van der Waals surface area contributed by atoms with E-state index in [0.717, 1.165) is 5.56 Å². The molecule has 1 atom stereocenters. The quantitative estimate of drug-likeness (QED) is 0.470. The van der Waals surface area contributed by atoms with E-state index in [0.29, 0.717) is 23.3 Å². The van der Waals surface area contributed by atoms with E-state index >= 15 is 0 Å². The molecule has 0 saturated heterocycles. The van der Waals surface area contributed by atoms with Crippen molar-refractivity contribution in [2.24, 2.45) is 0 Å². The predicted octanol–water partition coefficient (Wildman–Crippen LogP) is 3.65. The van der Waals surface area contributed by atoms with Crippen molar-refractivity contribution in [1.29, 1.82) is 0 Å². The molecule has 0 aliphatic carbocycles. The summed E-state index contributed by atoms with van der Waals surface area (Å²) in [5.74, 6) is 1.23. The van der Waals surface area contributed by atoms with Gasteiger partial charge in [-0.1, -0.05) is 48.2 Å². The first-order valence-corrected chi connectivity index (χ1v) is 9.00. The number of likely N-dealkylation sites (N-methyl/N-ethyl adjacent to an activating group) is 1. The van der Waals surface area contributed by atoms with Gasteiger partial charge in [0.1, 0.15) is 5.25 Å². The Bertz CT molecular complexity index is 872. The first-order chi connectivity index (χ1) is 12.6. The zero-order valence-electron chi connectivity index (χ0n) is 14.7. The summed E-state index contributed by atoms with van der Waals surface area (Å²) < 4.78 is 7.35. The SMILES string of the molecule is C=CCn1c(SC(C(=O)N(C)C)c2ccccc2)nnc1-c1ccco1. The maximum atomic E-state index is 12.8. The van der Waals surface area contributed by atoms with Crippen molar-refractivity contribution in [3.05, 3.63) is 66.9 Å². The lowest BCUT2D eigenvalue weighted by atomic mass is 10.1. The Balaban J connectivity index is 1.99. The highest BCUT2D eigenvalue weighted by molar-refractivity contribution is 8.00. The van der Waals surface area contributed by atoms with E-state index in [9.17, 15) is 4.79 Å². The van der Waals surface area contributed by atoms with E-state index in [4.69, 9.17) is 4.42 Å². The summed E-state index contributed by atoms with van der Waals surface area (Å²) in [6.07, 6.45) is 3.36. The minimum Gasteiger partial charge on any atom is -0.461 e. The van der Waals surface area contributed by atoms with Crippen LogP contribution in [0.1, 0.15) is 10.8 Å². The molecule has 2 heterocycles. The van der Waals surface area contributed by atoms with Gasteiger partial charge in [0.15, 0.2) is 10.9 Å². The van der Waals surface area contributed by atoms with Gasteiger partial charge in [-0.2, -0.15) is 0 Å². The molecule has 0 N–H and O–H groups in total. The zero-order chi connectivity index (χ0) is 18.5. The highest BCUT2D eigenvalue weighted by Crippen LogP contribution is 2.37. The molecule has 3 aromatic rings. The van der Waals surface area contributed by atoms with Crippen molar-refractivity contribution in [1.82, 2.24) is 19.7 Å². The van der Waals surface area contributed by atoms with Crippen molar-refractivity contribution in [2.45, 2.75) is 17.0 Å². The second kappa shape index (κ2) is 8.05. The number of furan rings is 1. The topological polar surface area (TPSA) is 64.2 Å². The highest BCUT2D eigenvalue weighted by atomic mass is 32.2. The van der Waals surface area contributed by atoms with Crippen LogP contribution in [-0.4, -0.2) is 39.7 Å². The molecule has 2 aromatic heterocycles. The van der Waals surface area contributed by atoms with Gasteiger partial charge in [0.2, 0.25) is 11.7 Å². The lowest BCUT2D eigenvalue weighted by Gasteiger charge is -2.20. The number of benzene rings is 1. The average molecular weight is 368 g/mol. The van der Waals surface area contributed by atoms with Crippen LogP contribution in [0, 0.1) is 0 Å². The van der Waals surface area contributed by atoms with Crippen LogP contribution >= 0.6 is 11.8 Å². The number of amides is 1. The van der Waals surface area contributed by atoms with Gasteiger partial charge < -0.3 is 9.32 Å². The third-order valence-electron chi connectivity index (χ3n) is 3.76. The Morgan fingerprint density at radius 2 is 2.04 bits per heavy atom. The minimum atomic E-state index is -0.414. The summed E-state index contributed by atoms with van der Waals surface area (Å²) in [7, 11) is 3.50. The Kier molecular flexibility index (Phi) is 5.58. The third-order valence-corrected chi connectivity index (χ3v) is 4.98. The fraction of sp³-hybridized carbons (Fsp3) is 0.211. The van der Waals surface area contributed by atoms with Gasteiger partial charge in [-0.25, -0.2) is 0 Å². The van der Waals surface area contributed by atoms with Crippen LogP contribution in [0.2, 0.25) is 0 Å². The molecule has 1 amide bonds. The number of allylic oxidation sites excluding steroid dienone is 1. The summed E-state index contributed by atoms with van der Waals surface area (Å²) in [6, 6.07) is 13.3. The summed E-state index contributed by atoms with van der Waals surface area (Å²) in [6.45, 7) is 4.33. The molecule has 6 nitrogen and oxygen atoms in total. The smallest absolute Gasteiger partial charge is 0.240 e. The van der Waals surface area contributed by atoms with Gasteiger partial charge in [-0.15, -0.1) is 16.8 Å². The molecule has 1 unspecified atom stereocenters. The standard InChI is InChI=1S/C19H20N4O2S/c1-4-12-23-17(15-11-8-13-25-15)20-21-19(23)26-16(18(24)22(2)3)14-9-6-5-7-10-14/h4-11,13,16H,1,12H2,2-3H3. The summed E-state index contributed by atoms with van der Waals surface area (Å²) in [5.41, 5.74) is 0.920. The first-order valence-electron chi connectivity index (χ1n) is 8.12. The van der Waals surface area contributed by atoms with Gasteiger partial charge in [-0.3, -0.25) is 9.36 Å². The Labute approximate surface area is 156 Å². The minimum absolute atomic E-state index is 0.00565. The second-order valence-electron chi connectivity index (χ2n) is 5.82. The zero-order valence-corrected chi connectivity index (χ0v) is 15.5. The molecule has 0 saturated carbocycles. The van der Waals surface area contributed by atoms with Gasteiger partial charge in [0.05, 0.1) is 6.26 Å². The average Bonchev–Trinajstić information content (AvgIpc) is 3.30. The first kappa shape index (κ1) is 18.0. The highest BCUT2D eigenvalue weighted by Gasteiger charge is 2.27. The van der Waals surface area contributed by atoms with E-state index in [-0.39, 0.29) is 5.91 Å². The molecule has 0 bridgehead atoms. The van der Waals surface area contributed by atoms with Crippen LogP contribution in [0.25, 0.3) is 11.6 Å². The molecule has 3 rings (SSSR count). The molecule has 0 radical (unpaired) electrons. The molecule has 0 spiro atoms. The number of hydrogen-bond acceptors (Lipinski definition) is 5. The molecular formula is C19H20N4O2S. The van der Waals surface area contributed by atoms with Crippen molar-refractivity contribution < 1.29 is 9.21 Å². The van der Waals surface area contributed by atoms with Gasteiger partial charge >= 0.3 is 0 Å². The number of carbonyl (C=O) groups is 1. The van der Waals surface area contributed by atoms with Crippen LogP contribution < -0.4 is 0 Å². The Morgan fingerprint density at radius 1 is 1.27 bits per heavy atom. The van der Waals surface area contributed by atoms with E-state index in [1.165, 1.54) is 11.8 Å². The molecule has 134 valence electrons. The molecule has 0 aliphatic rings. The number of rotatable bonds is 7. The lowest BCUT2D eigenvalue weighted by molar-refractivity contribution is -0.128. The number of aromatic nitrogens is 3. The molecule has 1 aromatic carbocycles. The third kappa shape index (κ3) is 3.72. The van der Waals surface area contributed by atoms with Crippen LogP contribution in [0.15, 0.2) is 71.0 Å².